The van der Waals surface area contributed by atoms with Gasteiger partial charge in [-0.3, -0.25) is 0 Å². The second-order valence-corrected chi connectivity index (χ2v) is 4.39. The maximum atomic E-state index is 3.31. The molecule has 0 aliphatic carbocycles. The number of nitrogens with one attached hydrogen (secondary N) is 1. The summed E-state index contributed by atoms with van der Waals surface area (Å²) in [7, 11) is 0. The standard InChI is InChI=1S/C16H11N2/c1-4-8-15-12(5-1)9-10-18(15)16-11-17-14-7-3-2-6-13(14)16/h2-11,17H. The van der Waals surface area contributed by atoms with Crippen LogP contribution < -0.4 is 0 Å². The minimum absolute atomic E-state index is 1.16. The van der Waals surface area contributed by atoms with Gasteiger partial charge < -0.3 is 9.55 Å². The van der Waals surface area contributed by atoms with E-state index >= 15 is 0 Å². The van der Waals surface area contributed by atoms with Crippen molar-refractivity contribution in [3.05, 3.63) is 67.0 Å². The number of rotatable bonds is 1. The molecule has 2 nitrogen and oxygen atoms in total. The summed E-state index contributed by atoms with van der Waals surface area (Å²) in [5.41, 5.74) is 3.56. The van der Waals surface area contributed by atoms with Gasteiger partial charge in [0.15, 0.2) is 0 Å². The van der Waals surface area contributed by atoms with Crippen LogP contribution in [0.4, 0.5) is 0 Å². The number of nitrogens with zero attached hydrogens (tertiary/aromatic N) is 1. The fraction of sp³-hybridized carbons (Fsp3) is 0. The molecule has 0 spiro atoms. The normalized spacial score (nSPS) is 11.3. The summed E-state index contributed by atoms with van der Waals surface area (Å²) in [6, 6.07) is 19.6. The minimum Gasteiger partial charge on any atom is -0.359 e. The van der Waals surface area contributed by atoms with E-state index in [0.29, 0.717) is 0 Å². The molecule has 1 N–H and O–H groups in total. The van der Waals surface area contributed by atoms with Gasteiger partial charge in [0.1, 0.15) is 0 Å². The van der Waals surface area contributed by atoms with Crippen molar-refractivity contribution in [2.24, 2.45) is 0 Å². The van der Waals surface area contributed by atoms with E-state index in [2.05, 4.69) is 58.3 Å². The van der Waals surface area contributed by atoms with Crippen LogP contribution in [0.25, 0.3) is 27.5 Å². The number of para-hydroxylation sites is 1. The van der Waals surface area contributed by atoms with Crippen LogP contribution in [0.2, 0.25) is 0 Å². The van der Waals surface area contributed by atoms with E-state index in [1.54, 1.807) is 0 Å². The zero-order valence-corrected chi connectivity index (χ0v) is 9.72. The van der Waals surface area contributed by atoms with Crippen molar-refractivity contribution >= 4 is 21.8 Å². The summed E-state index contributed by atoms with van der Waals surface area (Å²) < 4.78 is 2.21. The van der Waals surface area contributed by atoms with Crippen LogP contribution in [-0.4, -0.2) is 9.55 Å². The third kappa shape index (κ3) is 1.23. The van der Waals surface area contributed by atoms with Gasteiger partial charge in [0, 0.05) is 28.7 Å². The Hall–Kier alpha value is -2.48. The molecule has 2 aromatic heterocycles. The van der Waals surface area contributed by atoms with Crippen molar-refractivity contribution < 1.29 is 0 Å². The van der Waals surface area contributed by atoms with Gasteiger partial charge in [-0.05, 0) is 30.3 Å². The molecule has 1 radical (unpaired) electrons. The van der Waals surface area contributed by atoms with Gasteiger partial charge in [0.05, 0.1) is 11.2 Å². The van der Waals surface area contributed by atoms with Gasteiger partial charge in [0.25, 0.3) is 0 Å². The van der Waals surface area contributed by atoms with E-state index in [1.165, 1.54) is 22.0 Å². The Labute approximate surface area is 104 Å². The van der Waals surface area contributed by atoms with Crippen molar-refractivity contribution in [1.82, 2.24) is 9.55 Å². The molecule has 18 heavy (non-hydrogen) atoms. The molecular formula is C16H11N2. The molecule has 0 unspecified atom stereocenters. The molecule has 0 fully saturated rings. The predicted octanol–water partition coefficient (Wildman–Crippen LogP) is 3.91. The lowest BCUT2D eigenvalue weighted by atomic mass is 10.2. The topological polar surface area (TPSA) is 20.7 Å². The van der Waals surface area contributed by atoms with Crippen molar-refractivity contribution in [3.63, 3.8) is 0 Å². The number of aromatic amines is 1. The smallest absolute Gasteiger partial charge is 0.0709 e. The molecule has 2 aromatic carbocycles. The van der Waals surface area contributed by atoms with Crippen LogP contribution in [0.1, 0.15) is 0 Å². The lowest BCUT2D eigenvalue weighted by Crippen LogP contribution is -1.89. The highest BCUT2D eigenvalue weighted by molar-refractivity contribution is 5.91. The molecule has 0 amide bonds. The van der Waals surface area contributed by atoms with Gasteiger partial charge >= 0.3 is 0 Å². The molecule has 2 heterocycles. The summed E-state index contributed by atoms with van der Waals surface area (Å²) >= 11 is 0. The van der Waals surface area contributed by atoms with Gasteiger partial charge in [-0.2, -0.15) is 0 Å². The lowest BCUT2D eigenvalue weighted by Gasteiger charge is -2.03. The molecule has 4 rings (SSSR count). The van der Waals surface area contributed by atoms with Crippen LogP contribution in [-0.2, 0) is 0 Å². The Morgan fingerprint density at radius 1 is 1.06 bits per heavy atom. The van der Waals surface area contributed by atoms with Crippen molar-refractivity contribution in [2.45, 2.75) is 0 Å². The lowest BCUT2D eigenvalue weighted by molar-refractivity contribution is 1.14. The summed E-state index contributed by atoms with van der Waals surface area (Å²) in [5, 5.41) is 2.45. The Bertz CT molecular complexity index is 764. The predicted molar refractivity (Wildman–Crippen MR) is 74.0 cm³/mol. The van der Waals surface area contributed by atoms with Crippen LogP contribution in [0, 0.1) is 6.07 Å². The Morgan fingerprint density at radius 3 is 3.00 bits per heavy atom. The first-order chi connectivity index (χ1) is 8.93. The van der Waals surface area contributed by atoms with E-state index in [-0.39, 0.29) is 0 Å². The van der Waals surface area contributed by atoms with E-state index in [9.17, 15) is 0 Å². The van der Waals surface area contributed by atoms with Gasteiger partial charge in [-0.25, -0.2) is 0 Å². The number of aromatic nitrogens is 2. The highest BCUT2D eigenvalue weighted by Crippen LogP contribution is 2.26. The number of fused-ring (bicyclic) bond motifs is 2. The van der Waals surface area contributed by atoms with Crippen LogP contribution in [0.5, 0.6) is 0 Å². The van der Waals surface area contributed by atoms with Crippen molar-refractivity contribution in [1.29, 1.82) is 0 Å². The van der Waals surface area contributed by atoms with E-state index < -0.39 is 0 Å². The molecule has 0 aliphatic rings. The van der Waals surface area contributed by atoms with Crippen molar-refractivity contribution in [3.8, 4) is 5.69 Å². The third-order valence-electron chi connectivity index (χ3n) is 3.36. The average Bonchev–Trinajstić information content (AvgIpc) is 3.01. The second kappa shape index (κ2) is 3.50. The molecular weight excluding hydrogens is 220 g/mol. The maximum Gasteiger partial charge on any atom is 0.0709 e. The Morgan fingerprint density at radius 2 is 2.00 bits per heavy atom. The molecule has 85 valence electrons. The molecule has 0 saturated heterocycles. The molecule has 0 aliphatic heterocycles. The Kier molecular flexibility index (Phi) is 1.86. The number of hydrogen-bond donors (Lipinski definition) is 1. The average molecular weight is 231 g/mol. The first-order valence-corrected chi connectivity index (χ1v) is 5.97. The summed E-state index contributed by atoms with van der Waals surface area (Å²) in [6.45, 7) is 0. The second-order valence-electron chi connectivity index (χ2n) is 4.39. The van der Waals surface area contributed by atoms with Crippen LogP contribution >= 0.6 is 0 Å². The number of benzene rings is 2. The molecule has 0 atom stereocenters. The maximum absolute atomic E-state index is 3.31. The summed E-state index contributed by atoms with van der Waals surface area (Å²) in [6.07, 6.45) is 4.16. The fourth-order valence-electron chi connectivity index (χ4n) is 2.49. The molecule has 0 bridgehead atoms. The zero-order valence-electron chi connectivity index (χ0n) is 9.72. The third-order valence-corrected chi connectivity index (χ3v) is 3.36. The van der Waals surface area contributed by atoms with Crippen molar-refractivity contribution in [2.75, 3.05) is 0 Å². The number of hydrogen-bond acceptors (Lipinski definition) is 0. The first-order valence-electron chi connectivity index (χ1n) is 5.97. The van der Waals surface area contributed by atoms with E-state index in [0.717, 1.165) is 5.52 Å². The largest absolute Gasteiger partial charge is 0.359 e. The molecule has 4 aromatic rings. The first kappa shape index (κ1) is 9.54. The van der Waals surface area contributed by atoms with Gasteiger partial charge in [-0.15, -0.1) is 0 Å². The van der Waals surface area contributed by atoms with Gasteiger partial charge in [-0.1, -0.05) is 24.3 Å². The highest BCUT2D eigenvalue weighted by atomic mass is 15.0. The molecule has 2 heteroatoms. The number of H-pyrrole nitrogens is 1. The zero-order chi connectivity index (χ0) is 11.9. The quantitative estimate of drug-likeness (QED) is 0.512. The SMILES string of the molecule is [c]1ccc2c(c1)ccn2-c1c[nH]c2ccccc12. The molecule has 0 saturated carbocycles. The summed E-state index contributed by atoms with van der Waals surface area (Å²) in [5.74, 6) is 0. The summed E-state index contributed by atoms with van der Waals surface area (Å²) in [4.78, 5) is 3.31. The van der Waals surface area contributed by atoms with Gasteiger partial charge in [0.2, 0.25) is 0 Å². The minimum atomic E-state index is 1.16. The fourth-order valence-corrected chi connectivity index (χ4v) is 2.49. The Balaban J connectivity index is 2.08. The highest BCUT2D eigenvalue weighted by Gasteiger charge is 2.07. The van der Waals surface area contributed by atoms with Crippen LogP contribution in [0.15, 0.2) is 60.9 Å². The van der Waals surface area contributed by atoms with E-state index in [4.69, 9.17) is 0 Å². The van der Waals surface area contributed by atoms with Crippen LogP contribution in [0.3, 0.4) is 0 Å². The monoisotopic (exact) mass is 231 g/mol. The van der Waals surface area contributed by atoms with E-state index in [1.807, 2.05) is 18.2 Å².